The molecule has 4 atom stereocenters. The first-order chi connectivity index (χ1) is 8.15. The van der Waals surface area contributed by atoms with Crippen LogP contribution in [0.15, 0.2) is 18.2 Å². The first-order valence-corrected chi connectivity index (χ1v) is 6.32. The number of benzene rings is 1. The average molecular weight is 235 g/mol. The molecule has 17 heavy (non-hydrogen) atoms. The fourth-order valence-electron chi connectivity index (χ4n) is 3.12. The van der Waals surface area contributed by atoms with E-state index in [4.69, 9.17) is 10.5 Å². The van der Waals surface area contributed by atoms with Crippen LogP contribution in [0.4, 0.5) is 4.39 Å². The molecule has 2 nitrogen and oxygen atoms in total. The summed E-state index contributed by atoms with van der Waals surface area (Å²) < 4.78 is 19.3. The first kappa shape index (κ1) is 11.2. The Bertz CT molecular complexity index is 434. The van der Waals surface area contributed by atoms with Gasteiger partial charge in [0.25, 0.3) is 0 Å². The lowest BCUT2D eigenvalue weighted by molar-refractivity contribution is 0.0884. The molecular formula is C14H18FNO. The molecule has 2 bridgehead atoms. The van der Waals surface area contributed by atoms with Crippen molar-refractivity contribution in [2.24, 2.45) is 11.7 Å². The average Bonchev–Trinajstić information content (AvgIpc) is 2.93. The van der Waals surface area contributed by atoms with Gasteiger partial charge >= 0.3 is 0 Å². The molecule has 92 valence electrons. The number of fused-ring (bicyclic) bond motifs is 2. The summed E-state index contributed by atoms with van der Waals surface area (Å²) in [7, 11) is 0. The summed E-state index contributed by atoms with van der Waals surface area (Å²) in [5.41, 5.74) is 7.83. The highest BCUT2D eigenvalue weighted by atomic mass is 19.1. The van der Waals surface area contributed by atoms with Crippen molar-refractivity contribution in [2.75, 3.05) is 0 Å². The molecular weight excluding hydrogens is 217 g/mol. The van der Waals surface area contributed by atoms with Gasteiger partial charge in [0, 0.05) is 12.0 Å². The molecule has 0 aromatic heterocycles. The van der Waals surface area contributed by atoms with Gasteiger partial charge in [-0.3, -0.25) is 0 Å². The Morgan fingerprint density at radius 2 is 2.24 bits per heavy atom. The van der Waals surface area contributed by atoms with Crippen molar-refractivity contribution in [1.82, 2.24) is 0 Å². The summed E-state index contributed by atoms with van der Waals surface area (Å²) >= 11 is 0. The van der Waals surface area contributed by atoms with E-state index in [1.54, 1.807) is 19.1 Å². The number of nitrogens with two attached hydrogens (primary N) is 1. The van der Waals surface area contributed by atoms with Crippen LogP contribution < -0.4 is 5.73 Å². The molecule has 1 aromatic rings. The van der Waals surface area contributed by atoms with Crippen LogP contribution in [0.3, 0.4) is 0 Å². The number of ether oxygens (including phenoxy) is 1. The molecule has 3 heteroatoms. The molecule has 4 unspecified atom stereocenters. The lowest BCUT2D eigenvalue weighted by Crippen LogP contribution is -2.29. The smallest absolute Gasteiger partial charge is 0.126 e. The van der Waals surface area contributed by atoms with Crippen LogP contribution in [0.1, 0.15) is 36.4 Å². The van der Waals surface area contributed by atoms with Crippen LogP contribution in [-0.2, 0) is 4.74 Å². The van der Waals surface area contributed by atoms with Gasteiger partial charge in [-0.25, -0.2) is 4.39 Å². The first-order valence-electron chi connectivity index (χ1n) is 6.32. The van der Waals surface area contributed by atoms with Gasteiger partial charge in [0.15, 0.2) is 0 Å². The van der Waals surface area contributed by atoms with E-state index < -0.39 is 0 Å². The third-order valence-corrected chi connectivity index (χ3v) is 4.20. The van der Waals surface area contributed by atoms with E-state index in [0.29, 0.717) is 23.7 Å². The van der Waals surface area contributed by atoms with Crippen molar-refractivity contribution in [3.8, 4) is 0 Å². The van der Waals surface area contributed by atoms with Crippen molar-refractivity contribution in [1.29, 1.82) is 0 Å². The molecule has 3 rings (SSSR count). The van der Waals surface area contributed by atoms with Crippen molar-refractivity contribution < 1.29 is 9.13 Å². The standard InChI is InChI=1S/C14H18FNO/c1-8-2-3-9(6-12(8)15)14(16)11-7-10-4-5-13(11)17-10/h2-3,6,10-11,13-14H,4-5,7,16H2,1H3. The summed E-state index contributed by atoms with van der Waals surface area (Å²) in [5, 5.41) is 0. The SMILES string of the molecule is Cc1ccc(C(N)C2CC3CCC2O3)cc1F. The lowest BCUT2D eigenvalue weighted by atomic mass is 9.81. The molecule has 0 saturated carbocycles. The van der Waals surface area contributed by atoms with Gasteiger partial charge in [-0.1, -0.05) is 12.1 Å². The van der Waals surface area contributed by atoms with Crippen molar-refractivity contribution >= 4 is 0 Å². The molecule has 0 spiro atoms. The van der Waals surface area contributed by atoms with Crippen molar-refractivity contribution in [2.45, 2.75) is 44.4 Å². The fraction of sp³-hybridized carbons (Fsp3) is 0.571. The monoisotopic (exact) mass is 235 g/mol. The minimum absolute atomic E-state index is 0.0969. The Morgan fingerprint density at radius 3 is 2.82 bits per heavy atom. The molecule has 1 aromatic carbocycles. The van der Waals surface area contributed by atoms with E-state index in [-0.39, 0.29) is 11.9 Å². The van der Waals surface area contributed by atoms with Gasteiger partial charge in [0.1, 0.15) is 5.82 Å². The molecule has 2 heterocycles. The normalized spacial score (nSPS) is 33.0. The summed E-state index contributed by atoms with van der Waals surface area (Å²) in [6.07, 6.45) is 3.99. The summed E-state index contributed by atoms with van der Waals surface area (Å²) in [4.78, 5) is 0. The van der Waals surface area contributed by atoms with Crippen LogP contribution in [0, 0.1) is 18.7 Å². The highest BCUT2D eigenvalue weighted by molar-refractivity contribution is 5.26. The van der Waals surface area contributed by atoms with Crippen molar-refractivity contribution in [3.63, 3.8) is 0 Å². The highest BCUT2D eigenvalue weighted by Crippen LogP contribution is 2.43. The molecule has 0 radical (unpaired) electrons. The minimum atomic E-state index is -0.165. The predicted octanol–water partition coefficient (Wildman–Crippen LogP) is 2.70. The Kier molecular flexibility index (Phi) is 2.68. The number of halogens is 1. The maximum atomic E-state index is 13.5. The molecule has 2 saturated heterocycles. The summed E-state index contributed by atoms with van der Waals surface area (Å²) in [6.45, 7) is 1.77. The van der Waals surface area contributed by atoms with Gasteiger partial charge in [-0.15, -0.1) is 0 Å². The van der Waals surface area contributed by atoms with Gasteiger partial charge < -0.3 is 10.5 Å². The van der Waals surface area contributed by atoms with E-state index in [9.17, 15) is 4.39 Å². The molecule has 2 aliphatic heterocycles. The second kappa shape index (κ2) is 4.07. The second-order valence-corrected chi connectivity index (χ2v) is 5.31. The summed E-state index contributed by atoms with van der Waals surface area (Å²) in [6, 6.07) is 5.22. The van der Waals surface area contributed by atoms with E-state index in [0.717, 1.165) is 24.8 Å². The molecule has 0 amide bonds. The Labute approximate surface area is 101 Å². The molecule has 2 fully saturated rings. The predicted molar refractivity (Wildman–Crippen MR) is 64.1 cm³/mol. The van der Waals surface area contributed by atoms with Crippen molar-refractivity contribution in [3.05, 3.63) is 35.1 Å². The number of hydrogen-bond donors (Lipinski definition) is 1. The zero-order valence-electron chi connectivity index (χ0n) is 10.0. The maximum absolute atomic E-state index is 13.5. The van der Waals surface area contributed by atoms with Crippen LogP contribution in [0.5, 0.6) is 0 Å². The third-order valence-electron chi connectivity index (χ3n) is 4.20. The second-order valence-electron chi connectivity index (χ2n) is 5.31. The Balaban J connectivity index is 1.81. The van der Waals surface area contributed by atoms with E-state index in [2.05, 4.69) is 0 Å². The third kappa shape index (κ3) is 1.87. The van der Waals surface area contributed by atoms with Gasteiger partial charge in [0.2, 0.25) is 0 Å². The minimum Gasteiger partial charge on any atom is -0.375 e. The summed E-state index contributed by atoms with van der Waals surface area (Å²) in [5.74, 6) is 0.192. The van der Waals surface area contributed by atoms with Crippen LogP contribution in [0.2, 0.25) is 0 Å². The Morgan fingerprint density at radius 1 is 1.41 bits per heavy atom. The molecule has 0 aliphatic carbocycles. The molecule has 2 aliphatic rings. The lowest BCUT2D eigenvalue weighted by Gasteiger charge is -2.25. The zero-order valence-corrected chi connectivity index (χ0v) is 10.0. The van der Waals surface area contributed by atoms with Crippen LogP contribution >= 0.6 is 0 Å². The quantitative estimate of drug-likeness (QED) is 0.855. The van der Waals surface area contributed by atoms with E-state index in [1.807, 2.05) is 6.07 Å². The Hall–Kier alpha value is -0.930. The topological polar surface area (TPSA) is 35.2 Å². The van der Waals surface area contributed by atoms with Crippen LogP contribution in [0.25, 0.3) is 0 Å². The molecule has 2 N–H and O–H groups in total. The van der Waals surface area contributed by atoms with Crippen LogP contribution in [-0.4, -0.2) is 12.2 Å². The van der Waals surface area contributed by atoms with Gasteiger partial charge in [0.05, 0.1) is 12.2 Å². The van der Waals surface area contributed by atoms with E-state index in [1.165, 1.54) is 0 Å². The largest absolute Gasteiger partial charge is 0.375 e. The fourth-order valence-corrected chi connectivity index (χ4v) is 3.12. The van der Waals surface area contributed by atoms with Gasteiger partial charge in [-0.05, 0) is 43.4 Å². The zero-order chi connectivity index (χ0) is 12.0. The number of rotatable bonds is 2. The van der Waals surface area contributed by atoms with Gasteiger partial charge in [-0.2, -0.15) is 0 Å². The highest BCUT2D eigenvalue weighted by Gasteiger charge is 2.43. The van der Waals surface area contributed by atoms with E-state index >= 15 is 0 Å². The number of hydrogen-bond acceptors (Lipinski definition) is 2. The number of aryl methyl sites for hydroxylation is 1. The maximum Gasteiger partial charge on any atom is 0.126 e.